The van der Waals surface area contributed by atoms with Crippen LogP contribution in [0.5, 0.6) is 0 Å². The molecule has 202 valence electrons. The lowest BCUT2D eigenvalue weighted by Crippen LogP contribution is -2.10. The summed E-state index contributed by atoms with van der Waals surface area (Å²) in [5, 5.41) is 7.34. The van der Waals surface area contributed by atoms with Gasteiger partial charge in [-0.15, -0.1) is 11.3 Å². The summed E-state index contributed by atoms with van der Waals surface area (Å²) in [4.78, 5) is 2.38. The minimum absolute atomic E-state index is 0.921. The van der Waals surface area contributed by atoms with Crippen LogP contribution in [0, 0.1) is 0 Å². The second kappa shape index (κ2) is 9.59. The molecule has 0 amide bonds. The van der Waals surface area contributed by atoms with Crippen molar-refractivity contribution < 1.29 is 4.42 Å². The summed E-state index contributed by atoms with van der Waals surface area (Å²) >= 11 is 1.87. The van der Waals surface area contributed by atoms with Gasteiger partial charge in [0, 0.05) is 58.7 Å². The van der Waals surface area contributed by atoms with E-state index in [0.29, 0.717) is 0 Å². The highest BCUT2D eigenvalue weighted by Crippen LogP contribution is 2.47. The molecule has 7 aromatic carbocycles. The van der Waals surface area contributed by atoms with Gasteiger partial charge >= 0.3 is 0 Å². The van der Waals surface area contributed by atoms with Gasteiger partial charge in [-0.2, -0.15) is 0 Å². The summed E-state index contributed by atoms with van der Waals surface area (Å²) in [5.41, 5.74) is 7.58. The molecule has 2 nitrogen and oxygen atoms in total. The smallest absolute Gasteiger partial charge is 0.143 e. The van der Waals surface area contributed by atoms with Crippen molar-refractivity contribution in [2.45, 2.75) is 0 Å². The van der Waals surface area contributed by atoms with Gasteiger partial charge in [0.25, 0.3) is 0 Å². The molecule has 0 bridgehead atoms. The molecule has 0 fully saturated rings. The second-order valence-electron chi connectivity index (χ2n) is 10.9. The van der Waals surface area contributed by atoms with Gasteiger partial charge in [0.2, 0.25) is 0 Å². The van der Waals surface area contributed by atoms with Gasteiger partial charge in [0.15, 0.2) is 0 Å². The van der Waals surface area contributed by atoms with Gasteiger partial charge in [-0.05, 0) is 54.1 Å². The van der Waals surface area contributed by atoms with Crippen molar-refractivity contribution in [3.63, 3.8) is 0 Å². The normalized spacial score (nSPS) is 11.7. The van der Waals surface area contributed by atoms with Crippen LogP contribution in [-0.4, -0.2) is 0 Å². The van der Waals surface area contributed by atoms with Crippen LogP contribution in [-0.2, 0) is 0 Å². The number of anilines is 3. The largest absolute Gasteiger partial charge is 0.455 e. The Balaban J connectivity index is 1.33. The summed E-state index contributed by atoms with van der Waals surface area (Å²) in [6, 6.07) is 54.1. The maximum Gasteiger partial charge on any atom is 0.143 e. The van der Waals surface area contributed by atoms with E-state index in [9.17, 15) is 0 Å². The molecule has 0 atom stereocenters. The molecule has 0 aliphatic heterocycles. The van der Waals surface area contributed by atoms with Gasteiger partial charge in [-0.3, -0.25) is 0 Å². The predicted octanol–water partition coefficient (Wildman–Crippen LogP) is 12.2. The van der Waals surface area contributed by atoms with Crippen molar-refractivity contribution in [2.75, 3.05) is 4.90 Å². The molecule has 0 saturated carbocycles. The summed E-state index contributed by atoms with van der Waals surface area (Å²) in [5.74, 6) is 0. The lowest BCUT2D eigenvalue weighted by Gasteiger charge is -2.27. The van der Waals surface area contributed by atoms with Crippen LogP contribution in [0.1, 0.15) is 0 Å². The molecule has 3 heteroatoms. The van der Waals surface area contributed by atoms with Crippen LogP contribution in [0.4, 0.5) is 17.1 Å². The third-order valence-electron chi connectivity index (χ3n) is 8.44. The van der Waals surface area contributed by atoms with Crippen molar-refractivity contribution in [2.24, 2.45) is 0 Å². The van der Waals surface area contributed by atoms with Crippen LogP contribution in [0.3, 0.4) is 0 Å². The van der Waals surface area contributed by atoms with Crippen molar-refractivity contribution in [3.05, 3.63) is 152 Å². The van der Waals surface area contributed by atoms with Crippen LogP contribution < -0.4 is 4.90 Å². The maximum atomic E-state index is 6.42. The van der Waals surface area contributed by atoms with Gasteiger partial charge < -0.3 is 9.32 Å². The highest BCUT2D eigenvalue weighted by Gasteiger charge is 2.20. The van der Waals surface area contributed by atoms with Crippen LogP contribution in [0.15, 0.2) is 156 Å². The zero-order chi connectivity index (χ0) is 28.3. The summed E-state index contributed by atoms with van der Waals surface area (Å²) in [6.07, 6.45) is 0. The molecule has 0 aliphatic carbocycles. The van der Waals surface area contributed by atoms with Crippen LogP contribution >= 0.6 is 11.3 Å². The lowest BCUT2D eigenvalue weighted by molar-refractivity contribution is 0.670. The number of thiophene rings is 1. The van der Waals surface area contributed by atoms with E-state index < -0.39 is 0 Å². The number of fused-ring (bicyclic) bond motifs is 8. The average molecular weight is 568 g/mol. The summed E-state index contributed by atoms with van der Waals surface area (Å²) in [7, 11) is 0. The SMILES string of the molecule is c1ccc(N(c2ccccc2)c2cc3c4cc(-c5cccc6c5oc5ccccc56)ccc4sc3c3ccccc23)cc1. The first-order valence-electron chi connectivity index (χ1n) is 14.5. The number of nitrogens with zero attached hydrogens (tertiary/aromatic N) is 1. The first kappa shape index (κ1) is 24.2. The minimum Gasteiger partial charge on any atom is -0.455 e. The van der Waals surface area contributed by atoms with E-state index in [1.165, 1.54) is 36.6 Å². The molecule has 2 aromatic heterocycles. The molecule has 0 radical (unpaired) electrons. The van der Waals surface area contributed by atoms with E-state index in [0.717, 1.165) is 44.4 Å². The topological polar surface area (TPSA) is 16.4 Å². The maximum absolute atomic E-state index is 6.42. The van der Waals surface area contributed by atoms with Crippen LogP contribution in [0.2, 0.25) is 0 Å². The molecule has 0 aliphatic rings. The molecule has 0 unspecified atom stereocenters. The number of furan rings is 1. The van der Waals surface area contributed by atoms with Gasteiger partial charge in [-0.25, -0.2) is 0 Å². The Labute approximate surface area is 252 Å². The monoisotopic (exact) mass is 567 g/mol. The molecule has 9 rings (SSSR count). The molecule has 43 heavy (non-hydrogen) atoms. The Hall–Kier alpha value is -5.38. The van der Waals surface area contributed by atoms with E-state index in [1.807, 2.05) is 23.5 Å². The number of para-hydroxylation sites is 4. The Morgan fingerprint density at radius 3 is 1.88 bits per heavy atom. The van der Waals surface area contributed by atoms with E-state index >= 15 is 0 Å². The third kappa shape index (κ3) is 3.79. The number of hydrogen-bond acceptors (Lipinski definition) is 3. The Morgan fingerprint density at radius 1 is 0.465 bits per heavy atom. The number of rotatable bonds is 4. The second-order valence-corrected chi connectivity index (χ2v) is 12.0. The molecular formula is C40H25NOS. The fraction of sp³-hybridized carbons (Fsp3) is 0. The molecule has 0 N–H and O–H groups in total. The Kier molecular flexibility index (Phi) is 5.40. The van der Waals surface area contributed by atoms with Crippen molar-refractivity contribution in [1.29, 1.82) is 0 Å². The highest BCUT2D eigenvalue weighted by molar-refractivity contribution is 7.26. The fourth-order valence-corrected chi connectivity index (χ4v) is 7.69. The highest BCUT2D eigenvalue weighted by atomic mass is 32.1. The molecule has 0 spiro atoms. The first-order valence-corrected chi connectivity index (χ1v) is 15.3. The van der Waals surface area contributed by atoms with Gasteiger partial charge in [0.05, 0.1) is 5.69 Å². The fourth-order valence-electron chi connectivity index (χ4n) is 6.49. The van der Waals surface area contributed by atoms with E-state index in [2.05, 4.69) is 144 Å². The van der Waals surface area contributed by atoms with Gasteiger partial charge in [-0.1, -0.05) is 103 Å². The van der Waals surface area contributed by atoms with Crippen LogP contribution in [0.25, 0.3) is 64.0 Å². The Morgan fingerprint density at radius 2 is 1.12 bits per heavy atom. The molecule has 0 saturated heterocycles. The van der Waals surface area contributed by atoms with Crippen molar-refractivity contribution in [1.82, 2.24) is 0 Å². The zero-order valence-electron chi connectivity index (χ0n) is 23.2. The van der Waals surface area contributed by atoms with Crippen molar-refractivity contribution in [3.8, 4) is 11.1 Å². The lowest BCUT2D eigenvalue weighted by atomic mass is 9.98. The molecule has 9 aromatic rings. The minimum atomic E-state index is 0.921. The molecule has 2 heterocycles. The van der Waals surface area contributed by atoms with E-state index in [1.54, 1.807) is 0 Å². The van der Waals surface area contributed by atoms with Crippen molar-refractivity contribution >= 4 is 81.3 Å². The van der Waals surface area contributed by atoms with E-state index in [4.69, 9.17) is 4.42 Å². The summed E-state index contributed by atoms with van der Waals surface area (Å²) in [6.45, 7) is 0. The first-order chi connectivity index (χ1) is 21.3. The summed E-state index contributed by atoms with van der Waals surface area (Å²) < 4.78 is 9.02. The number of benzene rings is 7. The zero-order valence-corrected chi connectivity index (χ0v) is 24.0. The third-order valence-corrected chi connectivity index (χ3v) is 9.66. The Bertz CT molecular complexity index is 2420. The van der Waals surface area contributed by atoms with E-state index in [-0.39, 0.29) is 0 Å². The van der Waals surface area contributed by atoms with Gasteiger partial charge in [0.1, 0.15) is 11.2 Å². The average Bonchev–Trinajstić information content (AvgIpc) is 3.64. The standard InChI is InChI=1S/C40H25NOS/c1-3-12-27(13-4-1)41(28-14-5-2-6-15-28)36-25-35-34-24-26(22-23-38(34)43-40(35)33-18-8-7-16-30(33)36)29-19-11-20-32-31-17-9-10-21-37(31)42-39(29)32/h1-25H. The number of hydrogen-bond donors (Lipinski definition) is 0. The predicted molar refractivity (Wildman–Crippen MR) is 184 cm³/mol. The quantitative estimate of drug-likeness (QED) is 0.210. The molecular weight excluding hydrogens is 543 g/mol.